The molecule has 1 aromatic heterocycles. The summed E-state index contributed by atoms with van der Waals surface area (Å²) >= 11 is 0. The van der Waals surface area contributed by atoms with E-state index in [1.54, 1.807) is 24.3 Å². The van der Waals surface area contributed by atoms with Crippen molar-refractivity contribution in [3.63, 3.8) is 0 Å². The smallest absolute Gasteiger partial charge is 0.229 e. The first-order chi connectivity index (χ1) is 7.53. The number of hydrogen-bond donors (Lipinski definition) is 2. The largest absolute Gasteiger partial charge is 0.341 e. The van der Waals surface area contributed by atoms with Gasteiger partial charge in [0.1, 0.15) is 0 Å². The van der Waals surface area contributed by atoms with Gasteiger partial charge >= 0.3 is 0 Å². The van der Waals surface area contributed by atoms with Crippen LogP contribution in [0.25, 0.3) is 0 Å². The molecule has 0 aromatic carbocycles. The molecule has 1 atom stereocenters. The van der Waals surface area contributed by atoms with E-state index in [0.29, 0.717) is 13.1 Å². The van der Waals surface area contributed by atoms with Crippen molar-refractivity contribution in [2.24, 2.45) is 11.1 Å². The maximum absolute atomic E-state index is 12.2. The second-order valence-electron chi connectivity index (χ2n) is 4.39. The SMILES string of the molecule is CCC(C)(CN)C(=O)N(C)Cc1cn[nH]c1. The molecule has 1 heterocycles. The summed E-state index contributed by atoms with van der Waals surface area (Å²) in [5.41, 5.74) is 6.20. The minimum absolute atomic E-state index is 0.0821. The lowest BCUT2D eigenvalue weighted by atomic mass is 9.86. The molecule has 0 radical (unpaired) electrons. The number of hydrogen-bond acceptors (Lipinski definition) is 3. The second-order valence-corrected chi connectivity index (χ2v) is 4.39. The van der Waals surface area contributed by atoms with Crippen molar-refractivity contribution in [2.75, 3.05) is 13.6 Å². The fourth-order valence-electron chi connectivity index (χ4n) is 1.55. The quantitative estimate of drug-likeness (QED) is 0.774. The zero-order chi connectivity index (χ0) is 12.2. The minimum Gasteiger partial charge on any atom is -0.341 e. The molecule has 3 N–H and O–H groups in total. The van der Waals surface area contributed by atoms with Gasteiger partial charge in [-0.15, -0.1) is 0 Å². The number of carbonyl (C=O) groups is 1. The van der Waals surface area contributed by atoms with E-state index >= 15 is 0 Å². The highest BCUT2D eigenvalue weighted by atomic mass is 16.2. The highest BCUT2D eigenvalue weighted by Crippen LogP contribution is 2.22. The first-order valence-electron chi connectivity index (χ1n) is 5.47. The van der Waals surface area contributed by atoms with Crippen molar-refractivity contribution in [2.45, 2.75) is 26.8 Å². The minimum atomic E-state index is -0.460. The van der Waals surface area contributed by atoms with Crippen LogP contribution in [-0.4, -0.2) is 34.6 Å². The van der Waals surface area contributed by atoms with Gasteiger partial charge < -0.3 is 10.6 Å². The van der Waals surface area contributed by atoms with Crippen LogP contribution in [0.1, 0.15) is 25.8 Å². The molecule has 1 rings (SSSR count). The summed E-state index contributed by atoms with van der Waals surface area (Å²) in [6, 6.07) is 0. The van der Waals surface area contributed by atoms with Gasteiger partial charge in [-0.1, -0.05) is 6.92 Å². The fourth-order valence-corrected chi connectivity index (χ4v) is 1.55. The van der Waals surface area contributed by atoms with Crippen molar-refractivity contribution < 1.29 is 4.79 Å². The highest BCUT2D eigenvalue weighted by Gasteiger charge is 2.32. The van der Waals surface area contributed by atoms with E-state index in [4.69, 9.17) is 5.73 Å². The molecule has 0 spiro atoms. The Hall–Kier alpha value is -1.36. The molecular weight excluding hydrogens is 204 g/mol. The molecule has 1 unspecified atom stereocenters. The van der Waals surface area contributed by atoms with E-state index in [1.165, 1.54) is 0 Å². The Balaban J connectivity index is 2.67. The van der Waals surface area contributed by atoms with Crippen LogP contribution in [0.2, 0.25) is 0 Å². The standard InChI is InChI=1S/C11H20N4O/c1-4-11(2,8-12)10(16)15(3)7-9-5-13-14-6-9/h5-6H,4,7-8,12H2,1-3H3,(H,13,14). The third kappa shape index (κ3) is 2.61. The van der Waals surface area contributed by atoms with Crippen LogP contribution in [0, 0.1) is 5.41 Å². The van der Waals surface area contributed by atoms with E-state index in [2.05, 4.69) is 10.2 Å². The Morgan fingerprint density at radius 3 is 2.81 bits per heavy atom. The van der Waals surface area contributed by atoms with E-state index in [-0.39, 0.29) is 5.91 Å². The molecule has 16 heavy (non-hydrogen) atoms. The molecule has 90 valence electrons. The number of aromatic nitrogens is 2. The predicted octanol–water partition coefficient (Wildman–Crippen LogP) is 0.743. The molecule has 5 heteroatoms. The second kappa shape index (κ2) is 5.12. The zero-order valence-corrected chi connectivity index (χ0v) is 10.2. The predicted molar refractivity (Wildman–Crippen MR) is 62.5 cm³/mol. The average Bonchev–Trinajstić information content (AvgIpc) is 2.79. The lowest BCUT2D eigenvalue weighted by Crippen LogP contribution is -2.44. The van der Waals surface area contributed by atoms with Gasteiger partial charge in [-0.2, -0.15) is 5.10 Å². The number of amides is 1. The summed E-state index contributed by atoms with van der Waals surface area (Å²) in [6.45, 7) is 4.82. The van der Waals surface area contributed by atoms with Gasteiger partial charge in [0.2, 0.25) is 5.91 Å². The summed E-state index contributed by atoms with van der Waals surface area (Å²) in [4.78, 5) is 13.9. The van der Waals surface area contributed by atoms with Crippen molar-refractivity contribution >= 4 is 5.91 Å². The van der Waals surface area contributed by atoms with E-state index < -0.39 is 5.41 Å². The van der Waals surface area contributed by atoms with Gasteiger partial charge in [0, 0.05) is 31.9 Å². The van der Waals surface area contributed by atoms with E-state index in [9.17, 15) is 4.79 Å². The summed E-state index contributed by atoms with van der Waals surface area (Å²) in [5.74, 6) is 0.0821. The van der Waals surface area contributed by atoms with Crippen LogP contribution in [0.5, 0.6) is 0 Å². The van der Waals surface area contributed by atoms with Crippen molar-refractivity contribution in [1.29, 1.82) is 0 Å². The van der Waals surface area contributed by atoms with Gasteiger partial charge in [-0.25, -0.2) is 0 Å². The molecule has 0 saturated carbocycles. The summed E-state index contributed by atoms with van der Waals surface area (Å²) < 4.78 is 0. The lowest BCUT2D eigenvalue weighted by Gasteiger charge is -2.30. The molecule has 0 fully saturated rings. The number of nitrogens with two attached hydrogens (primary N) is 1. The maximum atomic E-state index is 12.2. The third-order valence-corrected chi connectivity index (χ3v) is 3.07. The molecule has 0 aliphatic carbocycles. The first kappa shape index (κ1) is 12.7. The Bertz CT molecular complexity index is 330. The molecule has 1 aromatic rings. The summed E-state index contributed by atoms with van der Waals surface area (Å²) in [6.07, 6.45) is 4.25. The first-order valence-corrected chi connectivity index (χ1v) is 5.47. The molecule has 1 amide bonds. The Morgan fingerprint density at radius 1 is 1.69 bits per heavy atom. The lowest BCUT2D eigenvalue weighted by molar-refractivity contribution is -0.140. The van der Waals surface area contributed by atoms with E-state index in [1.807, 2.05) is 13.8 Å². The number of carbonyl (C=O) groups excluding carboxylic acids is 1. The van der Waals surface area contributed by atoms with Crippen LogP contribution in [0.15, 0.2) is 12.4 Å². The summed E-state index contributed by atoms with van der Waals surface area (Å²) in [5, 5.41) is 6.58. The van der Waals surface area contributed by atoms with Crippen molar-refractivity contribution in [3.05, 3.63) is 18.0 Å². The van der Waals surface area contributed by atoms with Crippen molar-refractivity contribution in [1.82, 2.24) is 15.1 Å². The van der Waals surface area contributed by atoms with Gasteiger partial charge in [0.15, 0.2) is 0 Å². The number of H-pyrrole nitrogens is 1. The molecular formula is C11H20N4O. The maximum Gasteiger partial charge on any atom is 0.229 e. The average molecular weight is 224 g/mol. The zero-order valence-electron chi connectivity index (χ0n) is 10.2. The van der Waals surface area contributed by atoms with Gasteiger partial charge in [-0.3, -0.25) is 9.89 Å². The Labute approximate surface area is 96.0 Å². The van der Waals surface area contributed by atoms with Crippen LogP contribution in [-0.2, 0) is 11.3 Å². The van der Waals surface area contributed by atoms with Crippen LogP contribution in [0.4, 0.5) is 0 Å². The van der Waals surface area contributed by atoms with E-state index in [0.717, 1.165) is 12.0 Å². The molecule has 0 aliphatic heterocycles. The van der Waals surface area contributed by atoms with Crippen LogP contribution >= 0.6 is 0 Å². The number of aromatic amines is 1. The fraction of sp³-hybridized carbons (Fsp3) is 0.636. The normalized spacial score (nSPS) is 14.5. The van der Waals surface area contributed by atoms with Gasteiger partial charge in [0.25, 0.3) is 0 Å². The molecule has 0 aliphatic rings. The van der Waals surface area contributed by atoms with Crippen LogP contribution < -0.4 is 5.73 Å². The molecule has 0 saturated heterocycles. The van der Waals surface area contributed by atoms with Crippen LogP contribution in [0.3, 0.4) is 0 Å². The monoisotopic (exact) mass is 224 g/mol. The molecule has 5 nitrogen and oxygen atoms in total. The Kier molecular flexibility index (Phi) is 4.06. The summed E-state index contributed by atoms with van der Waals surface area (Å²) in [7, 11) is 1.79. The third-order valence-electron chi connectivity index (χ3n) is 3.07. The van der Waals surface area contributed by atoms with Gasteiger partial charge in [0.05, 0.1) is 11.6 Å². The van der Waals surface area contributed by atoms with Gasteiger partial charge in [-0.05, 0) is 13.3 Å². The van der Waals surface area contributed by atoms with Crippen molar-refractivity contribution in [3.8, 4) is 0 Å². The number of nitrogens with one attached hydrogen (secondary N) is 1. The molecule has 0 bridgehead atoms. The topological polar surface area (TPSA) is 75.0 Å². The number of rotatable bonds is 5. The highest BCUT2D eigenvalue weighted by molar-refractivity contribution is 5.82. The Morgan fingerprint density at radius 2 is 2.38 bits per heavy atom. The number of nitrogens with zero attached hydrogens (tertiary/aromatic N) is 2.